The average molecular weight is 223 g/mol. The van der Waals surface area contributed by atoms with E-state index in [0.717, 1.165) is 18.7 Å². The molecule has 0 aliphatic rings. The molecule has 0 saturated heterocycles. The summed E-state index contributed by atoms with van der Waals surface area (Å²) in [4.78, 5) is 0. The topological polar surface area (TPSA) is 41.5 Å². The minimum atomic E-state index is 0.0548. The summed E-state index contributed by atoms with van der Waals surface area (Å²) in [5, 5.41) is 12.0. The van der Waals surface area contributed by atoms with Crippen molar-refractivity contribution < 1.29 is 9.84 Å². The van der Waals surface area contributed by atoms with Crippen LogP contribution in [-0.2, 0) is 6.42 Å². The Hall–Kier alpha value is -1.06. The molecule has 0 amide bonds. The summed E-state index contributed by atoms with van der Waals surface area (Å²) in [6.45, 7) is 5.70. The van der Waals surface area contributed by atoms with Gasteiger partial charge in [-0.15, -0.1) is 0 Å². The first-order valence-electron chi connectivity index (χ1n) is 5.82. The molecule has 0 aromatic heterocycles. The lowest BCUT2D eigenvalue weighted by Crippen LogP contribution is -2.27. The number of rotatable bonds is 7. The molecule has 0 radical (unpaired) electrons. The van der Waals surface area contributed by atoms with Crippen molar-refractivity contribution in [1.82, 2.24) is 5.32 Å². The molecular formula is C13H21NO2. The first kappa shape index (κ1) is 13.0. The Labute approximate surface area is 97.4 Å². The van der Waals surface area contributed by atoms with Crippen LogP contribution in [0.5, 0.6) is 5.75 Å². The van der Waals surface area contributed by atoms with E-state index in [0.29, 0.717) is 12.6 Å². The van der Waals surface area contributed by atoms with E-state index in [1.54, 1.807) is 0 Å². The maximum absolute atomic E-state index is 8.63. The number of aliphatic hydroxyl groups is 1. The summed E-state index contributed by atoms with van der Waals surface area (Å²) in [7, 11) is 0. The van der Waals surface area contributed by atoms with Gasteiger partial charge < -0.3 is 15.2 Å². The van der Waals surface area contributed by atoms with Gasteiger partial charge in [-0.3, -0.25) is 0 Å². The second-order valence-electron chi connectivity index (χ2n) is 3.88. The van der Waals surface area contributed by atoms with E-state index in [9.17, 15) is 0 Å². The van der Waals surface area contributed by atoms with Crippen LogP contribution in [0.2, 0.25) is 0 Å². The molecule has 0 aliphatic heterocycles. The van der Waals surface area contributed by atoms with Crippen LogP contribution in [0.1, 0.15) is 19.4 Å². The van der Waals surface area contributed by atoms with Gasteiger partial charge in [0.05, 0.1) is 6.61 Å². The van der Waals surface area contributed by atoms with Crippen molar-refractivity contribution >= 4 is 0 Å². The quantitative estimate of drug-likeness (QED) is 0.737. The van der Waals surface area contributed by atoms with Crippen LogP contribution in [0.4, 0.5) is 0 Å². The van der Waals surface area contributed by atoms with Crippen molar-refractivity contribution in [3.8, 4) is 5.75 Å². The predicted molar refractivity (Wildman–Crippen MR) is 65.9 cm³/mol. The summed E-state index contributed by atoms with van der Waals surface area (Å²) in [6.07, 6.45) is 1.02. The van der Waals surface area contributed by atoms with Crippen molar-refractivity contribution in [3.63, 3.8) is 0 Å². The highest BCUT2D eigenvalue weighted by Crippen LogP contribution is 2.13. The van der Waals surface area contributed by atoms with E-state index in [-0.39, 0.29) is 6.61 Å². The summed E-state index contributed by atoms with van der Waals surface area (Å²) < 4.78 is 5.30. The fourth-order valence-electron chi connectivity index (χ4n) is 1.66. The lowest BCUT2D eigenvalue weighted by molar-refractivity contribution is 0.201. The van der Waals surface area contributed by atoms with Crippen LogP contribution in [0.15, 0.2) is 24.3 Å². The number of aliphatic hydroxyl groups excluding tert-OH is 1. The highest BCUT2D eigenvalue weighted by Gasteiger charge is 2.01. The Balaban J connectivity index is 2.44. The molecule has 1 rings (SSSR count). The molecule has 90 valence electrons. The second kappa shape index (κ2) is 7.25. The highest BCUT2D eigenvalue weighted by molar-refractivity contribution is 5.27. The Morgan fingerprint density at radius 1 is 1.31 bits per heavy atom. The molecule has 1 atom stereocenters. The third kappa shape index (κ3) is 4.64. The largest absolute Gasteiger partial charge is 0.491 e. The van der Waals surface area contributed by atoms with Crippen LogP contribution in [-0.4, -0.2) is 30.9 Å². The lowest BCUT2D eigenvalue weighted by Gasteiger charge is -2.12. The van der Waals surface area contributed by atoms with Gasteiger partial charge in [0.15, 0.2) is 0 Å². The highest BCUT2D eigenvalue weighted by atomic mass is 16.5. The fourth-order valence-corrected chi connectivity index (χ4v) is 1.66. The van der Waals surface area contributed by atoms with Crippen LogP contribution < -0.4 is 10.1 Å². The molecule has 3 nitrogen and oxygen atoms in total. The molecule has 1 aromatic carbocycles. The van der Waals surface area contributed by atoms with Gasteiger partial charge in [-0.1, -0.05) is 19.1 Å². The summed E-state index contributed by atoms with van der Waals surface area (Å²) in [5.41, 5.74) is 1.30. The molecule has 16 heavy (non-hydrogen) atoms. The third-order valence-corrected chi connectivity index (χ3v) is 2.38. The van der Waals surface area contributed by atoms with Crippen molar-refractivity contribution in [2.24, 2.45) is 0 Å². The Kier molecular flexibility index (Phi) is 5.90. The fraction of sp³-hybridized carbons (Fsp3) is 0.538. The normalized spacial score (nSPS) is 12.4. The summed E-state index contributed by atoms with van der Waals surface area (Å²) >= 11 is 0. The molecule has 0 aliphatic carbocycles. The number of nitrogens with one attached hydrogen (secondary N) is 1. The van der Waals surface area contributed by atoms with Crippen LogP contribution in [0, 0.1) is 0 Å². The van der Waals surface area contributed by atoms with Gasteiger partial charge in [-0.05, 0) is 37.6 Å². The van der Waals surface area contributed by atoms with Gasteiger partial charge in [0, 0.05) is 6.04 Å². The minimum Gasteiger partial charge on any atom is -0.491 e. The maximum Gasteiger partial charge on any atom is 0.119 e. The zero-order valence-electron chi connectivity index (χ0n) is 10.1. The molecule has 0 bridgehead atoms. The number of hydrogen-bond donors (Lipinski definition) is 2. The van der Waals surface area contributed by atoms with Gasteiger partial charge in [0.2, 0.25) is 0 Å². The Bertz CT molecular complexity index is 284. The zero-order chi connectivity index (χ0) is 11.8. The van der Waals surface area contributed by atoms with E-state index in [1.165, 1.54) is 5.56 Å². The zero-order valence-corrected chi connectivity index (χ0v) is 10.1. The molecule has 0 fully saturated rings. The molecule has 0 saturated carbocycles. The first-order valence-corrected chi connectivity index (χ1v) is 5.82. The van der Waals surface area contributed by atoms with Gasteiger partial charge in [0.1, 0.15) is 12.4 Å². The van der Waals surface area contributed by atoms with Gasteiger partial charge in [0.25, 0.3) is 0 Å². The van der Waals surface area contributed by atoms with Crippen molar-refractivity contribution in [2.45, 2.75) is 26.3 Å². The SMILES string of the molecule is CCNC(C)Cc1ccc(OCCO)cc1. The number of ether oxygens (including phenoxy) is 1. The lowest BCUT2D eigenvalue weighted by atomic mass is 10.1. The van der Waals surface area contributed by atoms with Crippen LogP contribution in [0.3, 0.4) is 0 Å². The van der Waals surface area contributed by atoms with E-state index in [1.807, 2.05) is 12.1 Å². The van der Waals surface area contributed by atoms with Crippen molar-refractivity contribution in [2.75, 3.05) is 19.8 Å². The Morgan fingerprint density at radius 2 is 2.00 bits per heavy atom. The number of hydrogen-bond acceptors (Lipinski definition) is 3. The van der Waals surface area contributed by atoms with Gasteiger partial charge in [-0.25, -0.2) is 0 Å². The molecule has 1 unspecified atom stereocenters. The molecule has 2 N–H and O–H groups in total. The maximum atomic E-state index is 8.63. The van der Waals surface area contributed by atoms with Crippen molar-refractivity contribution in [1.29, 1.82) is 0 Å². The average Bonchev–Trinajstić information content (AvgIpc) is 2.28. The molecular weight excluding hydrogens is 202 g/mol. The van der Waals surface area contributed by atoms with E-state index < -0.39 is 0 Å². The first-order chi connectivity index (χ1) is 7.76. The second-order valence-corrected chi connectivity index (χ2v) is 3.88. The number of benzene rings is 1. The monoisotopic (exact) mass is 223 g/mol. The summed E-state index contributed by atoms with van der Waals surface area (Å²) in [5.74, 6) is 0.814. The van der Waals surface area contributed by atoms with Crippen LogP contribution >= 0.6 is 0 Å². The summed E-state index contributed by atoms with van der Waals surface area (Å²) in [6, 6.07) is 8.53. The van der Waals surface area contributed by atoms with E-state index in [2.05, 4.69) is 31.3 Å². The molecule has 0 spiro atoms. The smallest absolute Gasteiger partial charge is 0.119 e. The van der Waals surface area contributed by atoms with Gasteiger partial charge >= 0.3 is 0 Å². The van der Waals surface area contributed by atoms with E-state index >= 15 is 0 Å². The molecule has 3 heteroatoms. The van der Waals surface area contributed by atoms with Crippen LogP contribution in [0.25, 0.3) is 0 Å². The van der Waals surface area contributed by atoms with Crippen molar-refractivity contribution in [3.05, 3.63) is 29.8 Å². The third-order valence-electron chi connectivity index (χ3n) is 2.38. The Morgan fingerprint density at radius 3 is 2.56 bits per heavy atom. The van der Waals surface area contributed by atoms with Gasteiger partial charge in [-0.2, -0.15) is 0 Å². The molecule has 1 aromatic rings. The predicted octanol–water partition coefficient (Wildman–Crippen LogP) is 1.60. The minimum absolute atomic E-state index is 0.0548. The van der Waals surface area contributed by atoms with E-state index in [4.69, 9.17) is 9.84 Å². The molecule has 0 heterocycles. The number of likely N-dealkylation sites (N-methyl/N-ethyl adjacent to an activating group) is 1. The standard InChI is InChI=1S/C13H21NO2/c1-3-14-11(2)10-12-4-6-13(7-5-12)16-9-8-15/h4-7,11,14-15H,3,8-10H2,1-2H3.